The van der Waals surface area contributed by atoms with Crippen LogP contribution in [-0.2, 0) is 0 Å². The van der Waals surface area contributed by atoms with Gasteiger partial charge in [0.25, 0.3) is 0 Å². The summed E-state index contributed by atoms with van der Waals surface area (Å²) >= 11 is 0. The Morgan fingerprint density at radius 3 is 2.71 bits per heavy atom. The van der Waals surface area contributed by atoms with Gasteiger partial charge in [-0.2, -0.15) is 0 Å². The fourth-order valence-corrected chi connectivity index (χ4v) is 2.29. The van der Waals surface area contributed by atoms with Crippen LogP contribution < -0.4 is 0 Å². The molecule has 1 aliphatic rings. The van der Waals surface area contributed by atoms with E-state index in [4.69, 9.17) is 0 Å². The lowest BCUT2D eigenvalue weighted by molar-refractivity contribution is 1.26. The van der Waals surface area contributed by atoms with E-state index in [1.807, 2.05) is 0 Å². The maximum atomic E-state index is 4.04. The normalized spacial score (nSPS) is 14.7. The van der Waals surface area contributed by atoms with Crippen LogP contribution in [0.3, 0.4) is 0 Å². The summed E-state index contributed by atoms with van der Waals surface area (Å²) in [5.41, 5.74) is 7.52. The van der Waals surface area contributed by atoms with E-state index >= 15 is 0 Å². The van der Waals surface area contributed by atoms with Crippen molar-refractivity contribution in [3.8, 4) is 0 Å². The van der Waals surface area contributed by atoms with Gasteiger partial charge in [-0.3, -0.25) is 0 Å². The second-order valence-electron chi connectivity index (χ2n) is 4.64. The summed E-state index contributed by atoms with van der Waals surface area (Å²) in [4.78, 5) is 0. The van der Waals surface area contributed by atoms with Gasteiger partial charge in [-0.25, -0.2) is 0 Å². The third-order valence-corrected chi connectivity index (χ3v) is 3.19. The van der Waals surface area contributed by atoms with Gasteiger partial charge in [-0.05, 0) is 42.5 Å². The molecule has 17 heavy (non-hydrogen) atoms. The average Bonchev–Trinajstić information content (AvgIpc) is 2.29. The van der Waals surface area contributed by atoms with Crippen molar-refractivity contribution in [3.05, 3.63) is 71.8 Å². The summed E-state index contributed by atoms with van der Waals surface area (Å²) in [6.45, 7) is 12.3. The van der Waals surface area contributed by atoms with E-state index in [1.54, 1.807) is 0 Å². The summed E-state index contributed by atoms with van der Waals surface area (Å²) < 4.78 is 0. The summed E-state index contributed by atoms with van der Waals surface area (Å²) in [6, 6.07) is 6.42. The van der Waals surface area contributed by atoms with Crippen LogP contribution in [0.4, 0.5) is 0 Å². The zero-order valence-electron chi connectivity index (χ0n) is 10.6. The Morgan fingerprint density at radius 2 is 2.06 bits per heavy atom. The van der Waals surface area contributed by atoms with Gasteiger partial charge < -0.3 is 0 Å². The number of allylic oxidation sites excluding steroid dienone is 6. The molecule has 0 nitrogen and oxygen atoms in total. The van der Waals surface area contributed by atoms with Crippen LogP contribution in [0.25, 0.3) is 11.1 Å². The Hall–Kier alpha value is -1.82. The second-order valence-corrected chi connectivity index (χ2v) is 4.64. The van der Waals surface area contributed by atoms with E-state index in [0.717, 1.165) is 12.0 Å². The van der Waals surface area contributed by atoms with Crippen molar-refractivity contribution in [2.24, 2.45) is 0 Å². The van der Waals surface area contributed by atoms with Gasteiger partial charge in [-0.1, -0.05) is 60.7 Å². The van der Waals surface area contributed by atoms with Crippen molar-refractivity contribution in [1.29, 1.82) is 0 Å². The van der Waals surface area contributed by atoms with Crippen LogP contribution in [-0.4, -0.2) is 0 Å². The number of hydrogen-bond donors (Lipinski definition) is 0. The lowest BCUT2D eigenvalue weighted by Gasteiger charge is -2.16. The third-order valence-electron chi connectivity index (χ3n) is 3.19. The Bertz CT molecular complexity index is 539. The Morgan fingerprint density at radius 1 is 1.29 bits per heavy atom. The average molecular weight is 222 g/mol. The molecule has 2 rings (SSSR count). The Balaban J connectivity index is 2.50. The fraction of sp³-hybridized carbons (Fsp3) is 0.176. The summed E-state index contributed by atoms with van der Waals surface area (Å²) in [6.07, 6.45) is 7.27. The van der Waals surface area contributed by atoms with E-state index < -0.39 is 0 Å². The molecule has 86 valence electrons. The maximum Gasteiger partial charge on any atom is -0.00256 e. The van der Waals surface area contributed by atoms with Gasteiger partial charge >= 0.3 is 0 Å². The molecule has 0 atom stereocenters. The summed E-state index contributed by atoms with van der Waals surface area (Å²) in [5, 5.41) is 0. The largest absolute Gasteiger partial charge is 0.0955 e. The number of rotatable bonds is 2. The molecule has 0 aromatic heterocycles. The van der Waals surface area contributed by atoms with Crippen molar-refractivity contribution in [3.63, 3.8) is 0 Å². The molecule has 0 saturated heterocycles. The molecule has 1 aromatic carbocycles. The first-order chi connectivity index (χ1) is 8.09. The molecule has 0 N–H and O–H groups in total. The Labute approximate surface area is 104 Å². The molecule has 0 amide bonds. The molecular formula is C17H18. The van der Waals surface area contributed by atoms with Crippen LogP contribution in [0.5, 0.6) is 0 Å². The van der Waals surface area contributed by atoms with Crippen LogP contribution in [0, 0.1) is 6.92 Å². The lowest BCUT2D eigenvalue weighted by Crippen LogP contribution is -1.96. The fourth-order valence-electron chi connectivity index (χ4n) is 2.29. The van der Waals surface area contributed by atoms with Crippen molar-refractivity contribution in [2.45, 2.75) is 20.3 Å². The molecule has 0 fully saturated rings. The van der Waals surface area contributed by atoms with Crippen LogP contribution in [0.15, 0.2) is 55.2 Å². The SMILES string of the molecule is C=C1C=CC=C(c2cccc(C(=C)C)c2C)C1. The van der Waals surface area contributed by atoms with Crippen LogP contribution in [0.2, 0.25) is 0 Å². The number of benzene rings is 1. The molecule has 0 heteroatoms. The quantitative estimate of drug-likeness (QED) is 0.665. The maximum absolute atomic E-state index is 4.04. The van der Waals surface area contributed by atoms with E-state index in [2.05, 4.69) is 63.4 Å². The minimum absolute atomic E-state index is 0.941. The predicted molar refractivity (Wildman–Crippen MR) is 76.8 cm³/mol. The first kappa shape index (κ1) is 11.7. The molecule has 0 bridgehead atoms. The van der Waals surface area contributed by atoms with Gasteiger partial charge in [-0.15, -0.1) is 0 Å². The molecule has 0 aliphatic heterocycles. The highest BCUT2D eigenvalue weighted by atomic mass is 14.1. The van der Waals surface area contributed by atoms with Crippen molar-refractivity contribution in [2.75, 3.05) is 0 Å². The summed E-state index contributed by atoms with van der Waals surface area (Å²) in [7, 11) is 0. The molecule has 1 aliphatic carbocycles. The molecule has 0 unspecified atom stereocenters. The highest BCUT2D eigenvalue weighted by Gasteiger charge is 2.10. The first-order valence-electron chi connectivity index (χ1n) is 5.90. The molecule has 0 radical (unpaired) electrons. The van der Waals surface area contributed by atoms with E-state index in [1.165, 1.54) is 27.8 Å². The van der Waals surface area contributed by atoms with Gasteiger partial charge in [0, 0.05) is 0 Å². The zero-order valence-corrected chi connectivity index (χ0v) is 10.6. The summed E-state index contributed by atoms with van der Waals surface area (Å²) in [5.74, 6) is 0. The van der Waals surface area contributed by atoms with E-state index in [9.17, 15) is 0 Å². The Kier molecular flexibility index (Phi) is 3.14. The smallest absolute Gasteiger partial charge is 0.00256 e. The van der Waals surface area contributed by atoms with E-state index in [-0.39, 0.29) is 0 Å². The van der Waals surface area contributed by atoms with E-state index in [0.29, 0.717) is 0 Å². The first-order valence-corrected chi connectivity index (χ1v) is 5.90. The standard InChI is InChI=1S/C17H18/c1-12(2)16-9-6-10-17(14(16)4)15-8-5-7-13(3)11-15/h5-10H,1,3,11H2,2,4H3. The predicted octanol–water partition coefficient (Wildman–Crippen LogP) is 4.93. The van der Waals surface area contributed by atoms with Crippen molar-refractivity contribution in [1.82, 2.24) is 0 Å². The zero-order chi connectivity index (χ0) is 12.4. The second kappa shape index (κ2) is 4.58. The lowest BCUT2D eigenvalue weighted by atomic mass is 9.89. The minimum Gasteiger partial charge on any atom is -0.0955 e. The third kappa shape index (κ3) is 2.31. The monoisotopic (exact) mass is 222 g/mol. The van der Waals surface area contributed by atoms with Crippen LogP contribution in [0.1, 0.15) is 30.0 Å². The molecular weight excluding hydrogens is 204 g/mol. The van der Waals surface area contributed by atoms with Gasteiger partial charge in [0.1, 0.15) is 0 Å². The molecule has 0 saturated carbocycles. The van der Waals surface area contributed by atoms with Gasteiger partial charge in [0.2, 0.25) is 0 Å². The molecule has 0 heterocycles. The van der Waals surface area contributed by atoms with Gasteiger partial charge in [0.15, 0.2) is 0 Å². The van der Waals surface area contributed by atoms with Crippen LogP contribution >= 0.6 is 0 Å². The number of hydrogen-bond acceptors (Lipinski definition) is 0. The van der Waals surface area contributed by atoms with Gasteiger partial charge in [0.05, 0.1) is 0 Å². The minimum atomic E-state index is 0.941. The molecule has 1 aromatic rings. The highest BCUT2D eigenvalue weighted by molar-refractivity contribution is 5.77. The molecule has 0 spiro atoms. The topological polar surface area (TPSA) is 0 Å². The van der Waals surface area contributed by atoms with Crippen molar-refractivity contribution < 1.29 is 0 Å². The van der Waals surface area contributed by atoms with Crippen molar-refractivity contribution >= 4 is 11.1 Å². The highest BCUT2D eigenvalue weighted by Crippen LogP contribution is 2.31.